The minimum atomic E-state index is -0.446. The molecule has 0 fully saturated rings. The molecule has 1 aromatic rings. The van der Waals surface area contributed by atoms with E-state index in [1.54, 1.807) is 7.11 Å². The molecule has 1 aliphatic rings. The van der Waals surface area contributed by atoms with Crippen molar-refractivity contribution in [3.63, 3.8) is 0 Å². The van der Waals surface area contributed by atoms with Crippen molar-refractivity contribution in [1.82, 2.24) is 0 Å². The van der Waals surface area contributed by atoms with Crippen LogP contribution >= 0.6 is 0 Å². The highest BCUT2D eigenvalue weighted by molar-refractivity contribution is 5.42. The Morgan fingerprint density at radius 1 is 1.10 bits per heavy atom. The second kappa shape index (κ2) is 6.07. The van der Waals surface area contributed by atoms with Crippen molar-refractivity contribution < 1.29 is 4.74 Å². The number of rotatable bonds is 4. The minimum absolute atomic E-state index is 0.299. The summed E-state index contributed by atoms with van der Waals surface area (Å²) in [5.41, 5.74) is 8.88. The first-order valence-corrected chi connectivity index (χ1v) is 7.73. The zero-order valence-electron chi connectivity index (χ0n) is 13.8. The average molecular weight is 285 g/mol. The Labute approximate surface area is 128 Å². The van der Waals surface area contributed by atoms with Crippen molar-refractivity contribution >= 4 is 0 Å². The first kappa shape index (κ1) is 15.8. The van der Waals surface area contributed by atoms with E-state index < -0.39 is 5.54 Å². The van der Waals surface area contributed by atoms with E-state index in [1.165, 1.54) is 5.57 Å². The molecule has 1 aliphatic carbocycles. The molecule has 2 nitrogen and oxygen atoms in total. The fourth-order valence-corrected chi connectivity index (χ4v) is 3.04. The van der Waals surface area contributed by atoms with E-state index >= 15 is 0 Å². The quantitative estimate of drug-likeness (QED) is 0.896. The van der Waals surface area contributed by atoms with Crippen molar-refractivity contribution in [3.05, 3.63) is 53.6 Å². The normalized spacial score (nSPS) is 25.3. The molecule has 114 valence electrons. The molecule has 0 amide bonds. The van der Waals surface area contributed by atoms with Crippen molar-refractivity contribution in [2.75, 3.05) is 7.11 Å². The van der Waals surface area contributed by atoms with Crippen LogP contribution in [-0.4, -0.2) is 7.11 Å². The van der Waals surface area contributed by atoms with Gasteiger partial charge in [0.2, 0.25) is 0 Å². The number of ether oxygens (including phenoxy) is 1. The average Bonchev–Trinajstić information content (AvgIpc) is 2.47. The van der Waals surface area contributed by atoms with Gasteiger partial charge in [0.25, 0.3) is 0 Å². The molecule has 0 saturated heterocycles. The lowest BCUT2D eigenvalue weighted by molar-refractivity contribution is 0.310. The first-order chi connectivity index (χ1) is 9.88. The third-order valence-electron chi connectivity index (χ3n) is 4.45. The summed E-state index contributed by atoms with van der Waals surface area (Å²) in [7, 11) is 1.68. The van der Waals surface area contributed by atoms with E-state index in [1.807, 2.05) is 12.1 Å². The van der Waals surface area contributed by atoms with Gasteiger partial charge < -0.3 is 10.5 Å². The van der Waals surface area contributed by atoms with Crippen LogP contribution in [-0.2, 0) is 5.54 Å². The van der Waals surface area contributed by atoms with Crippen LogP contribution in [0.1, 0.15) is 33.3 Å². The summed E-state index contributed by atoms with van der Waals surface area (Å²) in [5.74, 6) is 2.17. The third-order valence-corrected chi connectivity index (χ3v) is 4.45. The van der Waals surface area contributed by atoms with Gasteiger partial charge in [0.15, 0.2) is 0 Å². The van der Waals surface area contributed by atoms with Crippen LogP contribution in [0.5, 0.6) is 5.75 Å². The lowest BCUT2D eigenvalue weighted by Gasteiger charge is -2.40. The zero-order chi connectivity index (χ0) is 15.6. The Balaban J connectivity index is 2.41. The molecular formula is C19H27NO. The second-order valence-corrected chi connectivity index (χ2v) is 6.59. The van der Waals surface area contributed by atoms with Gasteiger partial charge in [-0.05, 0) is 35.1 Å². The van der Waals surface area contributed by atoms with E-state index in [2.05, 4.69) is 58.1 Å². The molecule has 0 bridgehead atoms. The second-order valence-electron chi connectivity index (χ2n) is 6.59. The van der Waals surface area contributed by atoms with Crippen molar-refractivity contribution in [2.24, 2.45) is 23.5 Å². The maximum Gasteiger partial charge on any atom is 0.118 e. The Bertz CT molecular complexity index is 539. The van der Waals surface area contributed by atoms with Gasteiger partial charge in [0, 0.05) is 5.92 Å². The standard InChI is InChI=1S/C19H27NO/c1-13(2)15-10-11-19(20,18(12-15)14(3)4)16-6-8-17(21-5)9-7-16/h6-14,18H,20H2,1-5H3. The molecular weight excluding hydrogens is 258 g/mol. The lowest BCUT2D eigenvalue weighted by atomic mass is 9.69. The summed E-state index contributed by atoms with van der Waals surface area (Å²) in [6, 6.07) is 8.12. The van der Waals surface area contributed by atoms with Crippen LogP contribution in [0.4, 0.5) is 0 Å². The molecule has 0 saturated carbocycles. The number of methoxy groups -OCH3 is 1. The maximum absolute atomic E-state index is 6.81. The van der Waals surface area contributed by atoms with Crippen molar-refractivity contribution in [2.45, 2.75) is 33.2 Å². The fraction of sp³-hybridized carbons (Fsp3) is 0.474. The summed E-state index contributed by atoms with van der Waals surface area (Å²) in [6.07, 6.45) is 6.72. The van der Waals surface area contributed by atoms with Gasteiger partial charge in [0.05, 0.1) is 12.6 Å². The van der Waals surface area contributed by atoms with E-state index in [4.69, 9.17) is 10.5 Å². The predicted octanol–water partition coefficient (Wildman–Crippen LogP) is 4.27. The van der Waals surface area contributed by atoms with Gasteiger partial charge >= 0.3 is 0 Å². The van der Waals surface area contributed by atoms with Gasteiger partial charge in [0.1, 0.15) is 5.75 Å². The van der Waals surface area contributed by atoms with Crippen LogP contribution in [0, 0.1) is 17.8 Å². The molecule has 0 radical (unpaired) electrons. The summed E-state index contributed by atoms with van der Waals surface area (Å²) in [4.78, 5) is 0. The molecule has 2 heteroatoms. The minimum Gasteiger partial charge on any atom is -0.497 e. The number of allylic oxidation sites excluding steroid dienone is 2. The summed E-state index contributed by atoms with van der Waals surface area (Å²) >= 11 is 0. The molecule has 0 heterocycles. The van der Waals surface area contributed by atoms with Crippen LogP contribution in [0.2, 0.25) is 0 Å². The Hall–Kier alpha value is -1.54. The fourth-order valence-electron chi connectivity index (χ4n) is 3.04. The lowest BCUT2D eigenvalue weighted by Crippen LogP contribution is -2.45. The van der Waals surface area contributed by atoms with Crippen LogP contribution in [0.25, 0.3) is 0 Å². The zero-order valence-corrected chi connectivity index (χ0v) is 13.8. The first-order valence-electron chi connectivity index (χ1n) is 7.73. The summed E-state index contributed by atoms with van der Waals surface area (Å²) in [6.45, 7) is 8.93. The van der Waals surface area contributed by atoms with Crippen LogP contribution in [0.15, 0.2) is 48.1 Å². The molecule has 2 rings (SSSR count). The molecule has 0 aliphatic heterocycles. The highest BCUT2D eigenvalue weighted by atomic mass is 16.5. The van der Waals surface area contributed by atoms with Gasteiger partial charge in [-0.3, -0.25) is 0 Å². The molecule has 2 atom stereocenters. The monoisotopic (exact) mass is 285 g/mol. The number of hydrogen-bond acceptors (Lipinski definition) is 2. The van der Waals surface area contributed by atoms with Crippen LogP contribution < -0.4 is 10.5 Å². The van der Waals surface area contributed by atoms with Gasteiger partial charge in [-0.1, -0.05) is 58.1 Å². The number of nitrogens with two attached hydrogens (primary N) is 1. The highest BCUT2D eigenvalue weighted by Crippen LogP contribution is 2.40. The number of hydrogen-bond donors (Lipinski definition) is 1. The molecule has 1 aromatic carbocycles. The molecule has 2 unspecified atom stereocenters. The topological polar surface area (TPSA) is 35.2 Å². The molecule has 0 aromatic heterocycles. The smallest absolute Gasteiger partial charge is 0.118 e. The van der Waals surface area contributed by atoms with Crippen molar-refractivity contribution in [3.8, 4) is 5.75 Å². The highest BCUT2D eigenvalue weighted by Gasteiger charge is 2.37. The van der Waals surface area contributed by atoms with Crippen LogP contribution in [0.3, 0.4) is 0 Å². The van der Waals surface area contributed by atoms with Gasteiger partial charge in [-0.2, -0.15) is 0 Å². The number of benzene rings is 1. The van der Waals surface area contributed by atoms with E-state index in [9.17, 15) is 0 Å². The largest absolute Gasteiger partial charge is 0.497 e. The molecule has 21 heavy (non-hydrogen) atoms. The van der Waals surface area contributed by atoms with Gasteiger partial charge in [-0.25, -0.2) is 0 Å². The molecule has 0 spiro atoms. The Kier molecular flexibility index (Phi) is 4.58. The third kappa shape index (κ3) is 3.06. The Morgan fingerprint density at radius 2 is 1.71 bits per heavy atom. The summed E-state index contributed by atoms with van der Waals surface area (Å²) in [5, 5.41) is 0. The van der Waals surface area contributed by atoms with E-state index in [0.29, 0.717) is 17.8 Å². The van der Waals surface area contributed by atoms with E-state index in [-0.39, 0.29) is 0 Å². The Morgan fingerprint density at radius 3 is 2.19 bits per heavy atom. The predicted molar refractivity (Wildman–Crippen MR) is 89.2 cm³/mol. The maximum atomic E-state index is 6.81. The SMILES string of the molecule is COc1ccc(C2(N)C=CC(C(C)C)=CC2C(C)C)cc1. The molecule has 2 N–H and O–H groups in total. The van der Waals surface area contributed by atoms with Gasteiger partial charge in [-0.15, -0.1) is 0 Å². The van der Waals surface area contributed by atoms with E-state index in [0.717, 1.165) is 11.3 Å². The van der Waals surface area contributed by atoms with Crippen molar-refractivity contribution in [1.29, 1.82) is 0 Å². The summed E-state index contributed by atoms with van der Waals surface area (Å²) < 4.78 is 5.24.